The molecular formula is C19H28IN5O. The first-order valence-electron chi connectivity index (χ1n) is 9.34. The van der Waals surface area contributed by atoms with Crippen LogP contribution in [0.5, 0.6) is 0 Å². The minimum absolute atomic E-state index is 0. The summed E-state index contributed by atoms with van der Waals surface area (Å²) in [6.07, 6.45) is 4.42. The number of para-hydroxylation sites is 1. The molecule has 3 aliphatic rings. The van der Waals surface area contributed by atoms with Crippen LogP contribution in [0.4, 0.5) is 5.69 Å². The smallest absolute Gasteiger partial charge is 0.231 e. The number of nitrogens with one attached hydrogen (secondary N) is 2. The Balaban J connectivity index is 0.00000196. The van der Waals surface area contributed by atoms with Crippen molar-refractivity contribution in [3.8, 4) is 0 Å². The van der Waals surface area contributed by atoms with Gasteiger partial charge in [0.25, 0.3) is 0 Å². The Morgan fingerprint density at radius 3 is 2.85 bits per heavy atom. The third-order valence-corrected chi connectivity index (χ3v) is 5.40. The number of rotatable bonds is 5. The predicted octanol–water partition coefficient (Wildman–Crippen LogP) is 1.60. The SMILES string of the molecule is CN=C(NCCN1C(=O)Cc2ccccc21)NC1CCN(C2CC2)C1.I. The van der Waals surface area contributed by atoms with Gasteiger partial charge in [0, 0.05) is 51.0 Å². The van der Waals surface area contributed by atoms with E-state index in [9.17, 15) is 4.79 Å². The molecule has 0 spiro atoms. The average Bonchev–Trinajstić information content (AvgIpc) is 3.29. The van der Waals surface area contributed by atoms with Crippen molar-refractivity contribution in [2.45, 2.75) is 37.8 Å². The highest BCUT2D eigenvalue weighted by atomic mass is 127. The number of fused-ring (bicyclic) bond motifs is 1. The van der Waals surface area contributed by atoms with Crippen molar-refractivity contribution in [1.29, 1.82) is 0 Å². The summed E-state index contributed by atoms with van der Waals surface area (Å²) in [5.74, 6) is 1.02. The van der Waals surface area contributed by atoms with Crippen LogP contribution in [0, 0.1) is 0 Å². The van der Waals surface area contributed by atoms with Crippen molar-refractivity contribution < 1.29 is 4.79 Å². The number of halogens is 1. The fourth-order valence-corrected chi connectivity index (χ4v) is 3.91. The minimum atomic E-state index is 0. The maximum Gasteiger partial charge on any atom is 0.231 e. The Bertz CT molecular complexity index is 676. The molecule has 142 valence electrons. The highest BCUT2D eigenvalue weighted by Crippen LogP contribution is 2.30. The molecule has 4 rings (SSSR count). The van der Waals surface area contributed by atoms with E-state index >= 15 is 0 Å². The van der Waals surface area contributed by atoms with Gasteiger partial charge in [0.1, 0.15) is 0 Å². The van der Waals surface area contributed by atoms with E-state index in [1.807, 2.05) is 29.2 Å². The van der Waals surface area contributed by atoms with Crippen LogP contribution >= 0.6 is 24.0 Å². The summed E-state index contributed by atoms with van der Waals surface area (Å²) in [5.41, 5.74) is 2.18. The highest BCUT2D eigenvalue weighted by molar-refractivity contribution is 14.0. The van der Waals surface area contributed by atoms with Crippen molar-refractivity contribution in [3.05, 3.63) is 29.8 Å². The van der Waals surface area contributed by atoms with E-state index in [4.69, 9.17) is 0 Å². The molecule has 1 saturated heterocycles. The number of hydrogen-bond donors (Lipinski definition) is 2. The second kappa shape index (κ2) is 8.56. The summed E-state index contributed by atoms with van der Waals surface area (Å²) in [7, 11) is 1.80. The molecule has 0 aromatic heterocycles. The minimum Gasteiger partial charge on any atom is -0.355 e. The lowest BCUT2D eigenvalue weighted by Gasteiger charge is -2.21. The standard InChI is InChI=1S/C19H27N5O.HI/c1-20-19(22-15-8-10-23(13-15)16-6-7-16)21-9-11-24-17-5-3-2-4-14(17)12-18(24)25;/h2-5,15-16H,6-13H2,1H3,(H2,20,21,22);1H. The number of benzene rings is 1. The zero-order chi connectivity index (χ0) is 17.2. The van der Waals surface area contributed by atoms with Crippen LogP contribution in [0.2, 0.25) is 0 Å². The fraction of sp³-hybridized carbons (Fsp3) is 0.579. The zero-order valence-corrected chi connectivity index (χ0v) is 17.6. The van der Waals surface area contributed by atoms with Crippen molar-refractivity contribution in [2.24, 2.45) is 4.99 Å². The van der Waals surface area contributed by atoms with Crippen LogP contribution in [0.15, 0.2) is 29.3 Å². The van der Waals surface area contributed by atoms with E-state index in [2.05, 4.69) is 20.5 Å². The quantitative estimate of drug-likeness (QED) is 0.391. The number of anilines is 1. The molecule has 2 N–H and O–H groups in total. The summed E-state index contributed by atoms with van der Waals surface area (Å²) < 4.78 is 0. The Morgan fingerprint density at radius 1 is 1.27 bits per heavy atom. The Morgan fingerprint density at radius 2 is 2.08 bits per heavy atom. The number of nitrogens with zero attached hydrogens (tertiary/aromatic N) is 3. The van der Waals surface area contributed by atoms with Gasteiger partial charge >= 0.3 is 0 Å². The number of amides is 1. The van der Waals surface area contributed by atoms with Gasteiger partial charge in [0.05, 0.1) is 6.42 Å². The van der Waals surface area contributed by atoms with E-state index in [0.29, 0.717) is 25.6 Å². The Hall–Kier alpha value is -1.35. The van der Waals surface area contributed by atoms with E-state index in [-0.39, 0.29) is 29.9 Å². The van der Waals surface area contributed by atoms with Gasteiger partial charge in [0.2, 0.25) is 5.91 Å². The maximum absolute atomic E-state index is 12.2. The molecule has 1 saturated carbocycles. The molecule has 26 heavy (non-hydrogen) atoms. The van der Waals surface area contributed by atoms with Crippen molar-refractivity contribution in [2.75, 3.05) is 38.1 Å². The molecule has 6 nitrogen and oxygen atoms in total. The molecule has 0 bridgehead atoms. The second-order valence-corrected chi connectivity index (χ2v) is 7.21. The molecule has 2 heterocycles. The first-order valence-corrected chi connectivity index (χ1v) is 9.34. The maximum atomic E-state index is 12.2. The fourth-order valence-electron chi connectivity index (χ4n) is 3.91. The van der Waals surface area contributed by atoms with Gasteiger partial charge in [-0.1, -0.05) is 18.2 Å². The van der Waals surface area contributed by atoms with Crippen LogP contribution in [-0.4, -0.2) is 62.1 Å². The normalized spacial score (nSPS) is 23.0. The summed E-state index contributed by atoms with van der Waals surface area (Å²) >= 11 is 0. The third kappa shape index (κ3) is 4.31. The molecule has 1 aliphatic carbocycles. The first kappa shape index (κ1) is 19.4. The van der Waals surface area contributed by atoms with E-state index < -0.39 is 0 Å². The topological polar surface area (TPSA) is 60.0 Å². The van der Waals surface area contributed by atoms with Gasteiger partial charge in [0.15, 0.2) is 5.96 Å². The van der Waals surface area contributed by atoms with Crippen LogP contribution < -0.4 is 15.5 Å². The largest absolute Gasteiger partial charge is 0.355 e. The number of hydrogen-bond acceptors (Lipinski definition) is 3. The van der Waals surface area contributed by atoms with Gasteiger partial charge in [-0.2, -0.15) is 0 Å². The third-order valence-electron chi connectivity index (χ3n) is 5.40. The number of carbonyl (C=O) groups is 1. The molecule has 1 amide bonds. The van der Waals surface area contributed by atoms with Gasteiger partial charge < -0.3 is 15.5 Å². The predicted molar refractivity (Wildman–Crippen MR) is 115 cm³/mol. The van der Waals surface area contributed by atoms with Crippen LogP contribution in [-0.2, 0) is 11.2 Å². The lowest BCUT2D eigenvalue weighted by atomic mass is 10.2. The van der Waals surface area contributed by atoms with Crippen LogP contribution in [0.1, 0.15) is 24.8 Å². The van der Waals surface area contributed by atoms with Crippen LogP contribution in [0.25, 0.3) is 0 Å². The molecule has 0 radical (unpaired) electrons. The molecule has 1 unspecified atom stereocenters. The molecule has 2 fully saturated rings. The van der Waals surface area contributed by atoms with Crippen molar-refractivity contribution in [3.63, 3.8) is 0 Å². The summed E-state index contributed by atoms with van der Waals surface area (Å²) in [6, 6.07) is 9.35. The zero-order valence-electron chi connectivity index (χ0n) is 15.3. The number of aliphatic imine (C=N–C) groups is 1. The molecule has 2 aliphatic heterocycles. The molecule has 1 aromatic rings. The van der Waals surface area contributed by atoms with E-state index in [1.165, 1.54) is 25.8 Å². The molecule has 7 heteroatoms. The van der Waals surface area contributed by atoms with Gasteiger partial charge in [-0.3, -0.25) is 14.7 Å². The highest BCUT2D eigenvalue weighted by Gasteiger charge is 2.34. The van der Waals surface area contributed by atoms with Gasteiger partial charge in [-0.05, 0) is 30.9 Å². The average molecular weight is 469 g/mol. The molecule has 1 atom stereocenters. The monoisotopic (exact) mass is 469 g/mol. The van der Waals surface area contributed by atoms with E-state index in [1.54, 1.807) is 7.05 Å². The first-order chi connectivity index (χ1) is 12.2. The van der Waals surface area contributed by atoms with Gasteiger partial charge in [-0.25, -0.2) is 0 Å². The summed E-state index contributed by atoms with van der Waals surface area (Å²) in [4.78, 5) is 21.0. The van der Waals surface area contributed by atoms with Crippen molar-refractivity contribution >= 4 is 41.5 Å². The van der Waals surface area contributed by atoms with E-state index in [0.717, 1.165) is 29.8 Å². The summed E-state index contributed by atoms with van der Waals surface area (Å²) in [5, 5.41) is 6.89. The lowest BCUT2D eigenvalue weighted by Crippen LogP contribution is -2.47. The summed E-state index contributed by atoms with van der Waals surface area (Å²) in [6.45, 7) is 3.66. The lowest BCUT2D eigenvalue weighted by molar-refractivity contribution is -0.117. The molecule has 1 aromatic carbocycles. The van der Waals surface area contributed by atoms with Gasteiger partial charge in [-0.15, -0.1) is 24.0 Å². The van der Waals surface area contributed by atoms with Crippen LogP contribution in [0.3, 0.4) is 0 Å². The van der Waals surface area contributed by atoms with Crippen molar-refractivity contribution in [1.82, 2.24) is 15.5 Å². The second-order valence-electron chi connectivity index (χ2n) is 7.21. The number of carbonyl (C=O) groups excluding carboxylic acids is 1. The Kier molecular flexibility index (Phi) is 6.39. The number of guanidine groups is 1. The Labute approximate surface area is 172 Å². The number of likely N-dealkylation sites (tertiary alicyclic amines) is 1. The molecular weight excluding hydrogens is 441 g/mol.